The van der Waals surface area contributed by atoms with Crippen LogP contribution in [-0.4, -0.2) is 35.4 Å². The van der Waals surface area contributed by atoms with Crippen LogP contribution >= 0.6 is 0 Å². The van der Waals surface area contributed by atoms with Gasteiger partial charge in [-0.25, -0.2) is 4.98 Å². The molecule has 0 saturated carbocycles. The van der Waals surface area contributed by atoms with Gasteiger partial charge in [0.05, 0.1) is 0 Å². The largest absolute Gasteiger partial charge is 0.504 e. The minimum atomic E-state index is -0.0629. The molecule has 1 aromatic rings. The third-order valence-electron chi connectivity index (χ3n) is 3.20. The molecule has 6 heteroatoms. The van der Waals surface area contributed by atoms with Crippen molar-refractivity contribution in [2.24, 2.45) is 0 Å². The van der Waals surface area contributed by atoms with Crippen LogP contribution in [0.4, 0.5) is 5.82 Å². The van der Waals surface area contributed by atoms with E-state index in [2.05, 4.69) is 15.6 Å². The lowest BCUT2D eigenvalue weighted by atomic mass is 10.1. The molecular formula is C13H19N5O. The topological polar surface area (TPSA) is 107 Å². The number of nitrogen functional groups attached to an aromatic ring is 1. The van der Waals surface area contributed by atoms with E-state index in [0.717, 1.165) is 25.9 Å². The monoisotopic (exact) mass is 261 g/mol. The van der Waals surface area contributed by atoms with Crippen LogP contribution in [0.15, 0.2) is 18.5 Å². The number of aromatic nitrogens is 1. The summed E-state index contributed by atoms with van der Waals surface area (Å²) in [5, 5.41) is 23.6. The van der Waals surface area contributed by atoms with Crippen molar-refractivity contribution < 1.29 is 5.11 Å². The Labute approximate surface area is 112 Å². The highest BCUT2D eigenvalue weighted by molar-refractivity contribution is 6.08. The Balaban J connectivity index is 2.09. The second-order valence-corrected chi connectivity index (χ2v) is 4.56. The first-order valence-corrected chi connectivity index (χ1v) is 6.33. The molecule has 1 saturated heterocycles. The summed E-state index contributed by atoms with van der Waals surface area (Å²) in [6.45, 7) is 2.02. The molecule has 1 fully saturated rings. The summed E-state index contributed by atoms with van der Waals surface area (Å²) in [6.07, 6.45) is 6.71. The summed E-state index contributed by atoms with van der Waals surface area (Å²) in [5.74, 6) is 0.0338. The first-order chi connectivity index (χ1) is 9.20. The minimum absolute atomic E-state index is 0.0629. The van der Waals surface area contributed by atoms with Gasteiger partial charge in [-0.3, -0.25) is 0 Å². The second kappa shape index (κ2) is 6.19. The third-order valence-corrected chi connectivity index (χ3v) is 3.20. The standard InChI is InChI=1S/C13H19N5O/c14-6-10(8-17-11-1-3-16-4-2-11)9-5-12(19)13(15)18-7-9/h5-8,11,14,16-17,19H,1-4H2,(H2,15,18)/b10-8+,14-6?. The lowest BCUT2D eigenvalue weighted by Crippen LogP contribution is -2.37. The van der Waals surface area contributed by atoms with E-state index in [1.807, 2.05) is 0 Å². The van der Waals surface area contributed by atoms with E-state index in [9.17, 15) is 5.11 Å². The van der Waals surface area contributed by atoms with E-state index in [4.69, 9.17) is 11.1 Å². The molecule has 1 aliphatic heterocycles. The molecular weight excluding hydrogens is 242 g/mol. The molecule has 0 unspecified atom stereocenters. The molecule has 1 aromatic heterocycles. The summed E-state index contributed by atoms with van der Waals surface area (Å²) in [7, 11) is 0. The van der Waals surface area contributed by atoms with Crippen LogP contribution < -0.4 is 16.4 Å². The minimum Gasteiger partial charge on any atom is -0.504 e. The molecule has 19 heavy (non-hydrogen) atoms. The van der Waals surface area contributed by atoms with E-state index < -0.39 is 0 Å². The van der Waals surface area contributed by atoms with Gasteiger partial charge >= 0.3 is 0 Å². The molecule has 0 spiro atoms. The molecule has 6 nitrogen and oxygen atoms in total. The van der Waals surface area contributed by atoms with Gasteiger partial charge in [0.15, 0.2) is 11.6 Å². The van der Waals surface area contributed by atoms with Gasteiger partial charge in [-0.1, -0.05) is 0 Å². The Morgan fingerprint density at radius 3 is 2.89 bits per heavy atom. The summed E-state index contributed by atoms with van der Waals surface area (Å²) in [4.78, 5) is 3.89. The maximum Gasteiger partial charge on any atom is 0.165 e. The zero-order valence-electron chi connectivity index (χ0n) is 10.7. The van der Waals surface area contributed by atoms with Crippen molar-refractivity contribution in [3.63, 3.8) is 0 Å². The number of piperidine rings is 1. The number of nitrogens with one attached hydrogen (secondary N) is 3. The van der Waals surface area contributed by atoms with E-state index in [0.29, 0.717) is 17.2 Å². The van der Waals surface area contributed by atoms with Gasteiger partial charge in [-0.05, 0) is 32.0 Å². The molecule has 1 aliphatic rings. The molecule has 0 radical (unpaired) electrons. The Morgan fingerprint density at radius 2 is 2.26 bits per heavy atom. The lowest BCUT2D eigenvalue weighted by molar-refractivity contribution is 0.420. The summed E-state index contributed by atoms with van der Waals surface area (Å²) in [5.41, 5.74) is 6.80. The lowest BCUT2D eigenvalue weighted by Gasteiger charge is -2.23. The van der Waals surface area contributed by atoms with Crippen molar-refractivity contribution in [3.05, 3.63) is 24.0 Å². The average Bonchev–Trinajstić information content (AvgIpc) is 2.44. The smallest absolute Gasteiger partial charge is 0.165 e. The van der Waals surface area contributed by atoms with Gasteiger partial charge in [0.1, 0.15) is 0 Å². The van der Waals surface area contributed by atoms with Crippen LogP contribution in [-0.2, 0) is 0 Å². The maximum atomic E-state index is 9.54. The molecule has 0 atom stereocenters. The van der Waals surface area contributed by atoms with Gasteiger partial charge in [0.2, 0.25) is 0 Å². The first-order valence-electron chi connectivity index (χ1n) is 6.33. The number of anilines is 1. The van der Waals surface area contributed by atoms with E-state index in [-0.39, 0.29) is 11.6 Å². The van der Waals surface area contributed by atoms with E-state index in [1.54, 1.807) is 12.4 Å². The molecule has 0 aliphatic carbocycles. The normalized spacial score (nSPS) is 17.2. The third kappa shape index (κ3) is 3.45. The Morgan fingerprint density at radius 1 is 1.53 bits per heavy atom. The summed E-state index contributed by atoms with van der Waals surface area (Å²) in [6, 6.07) is 1.94. The Hall–Kier alpha value is -2.08. The van der Waals surface area contributed by atoms with Crippen molar-refractivity contribution in [2.45, 2.75) is 18.9 Å². The zero-order chi connectivity index (χ0) is 13.7. The number of rotatable bonds is 4. The Kier molecular flexibility index (Phi) is 4.35. The molecule has 2 heterocycles. The number of allylic oxidation sites excluding steroid dienone is 1. The number of pyridine rings is 1. The summed E-state index contributed by atoms with van der Waals surface area (Å²) < 4.78 is 0. The van der Waals surface area contributed by atoms with Crippen LogP contribution in [0, 0.1) is 5.41 Å². The molecule has 6 N–H and O–H groups in total. The van der Waals surface area contributed by atoms with E-state index in [1.165, 1.54) is 12.3 Å². The highest BCUT2D eigenvalue weighted by Crippen LogP contribution is 2.21. The molecule has 0 amide bonds. The number of hydrogen-bond acceptors (Lipinski definition) is 6. The quantitative estimate of drug-likeness (QED) is 0.513. The number of aromatic hydroxyl groups is 1. The van der Waals surface area contributed by atoms with Crippen LogP contribution in [0.25, 0.3) is 5.57 Å². The van der Waals surface area contributed by atoms with E-state index >= 15 is 0 Å². The van der Waals surface area contributed by atoms with Crippen LogP contribution in [0.5, 0.6) is 5.75 Å². The van der Waals surface area contributed by atoms with Gasteiger partial charge in [-0.2, -0.15) is 0 Å². The van der Waals surface area contributed by atoms with Crippen LogP contribution in [0.3, 0.4) is 0 Å². The predicted octanol–water partition coefficient (Wildman–Crippen LogP) is 0.701. The summed E-state index contributed by atoms with van der Waals surface area (Å²) >= 11 is 0. The SMILES string of the molecule is N=C/C(=C\NC1CCNCC1)c1cnc(N)c(O)c1. The van der Waals surface area contributed by atoms with Gasteiger partial charge < -0.3 is 26.9 Å². The zero-order valence-corrected chi connectivity index (χ0v) is 10.7. The highest BCUT2D eigenvalue weighted by Gasteiger charge is 2.11. The fraction of sp³-hybridized carbons (Fsp3) is 0.385. The van der Waals surface area contributed by atoms with Crippen LogP contribution in [0.2, 0.25) is 0 Å². The fourth-order valence-electron chi connectivity index (χ4n) is 2.03. The van der Waals surface area contributed by atoms with Gasteiger partial charge in [-0.15, -0.1) is 0 Å². The van der Waals surface area contributed by atoms with Crippen molar-refractivity contribution in [2.75, 3.05) is 18.8 Å². The number of nitrogens with zero attached hydrogens (tertiary/aromatic N) is 1. The maximum absolute atomic E-state index is 9.54. The molecule has 0 aromatic carbocycles. The molecule has 2 rings (SSSR count). The van der Waals surface area contributed by atoms with Crippen molar-refractivity contribution in [1.29, 1.82) is 5.41 Å². The highest BCUT2D eigenvalue weighted by atomic mass is 16.3. The van der Waals surface area contributed by atoms with Gasteiger partial charge in [0.25, 0.3) is 0 Å². The predicted molar refractivity (Wildman–Crippen MR) is 76.1 cm³/mol. The average molecular weight is 261 g/mol. The molecule has 0 bridgehead atoms. The first kappa shape index (κ1) is 13.4. The van der Waals surface area contributed by atoms with Gasteiger partial charge in [0, 0.05) is 35.8 Å². The van der Waals surface area contributed by atoms with Crippen molar-refractivity contribution in [1.82, 2.24) is 15.6 Å². The second-order valence-electron chi connectivity index (χ2n) is 4.56. The van der Waals surface area contributed by atoms with Crippen molar-refractivity contribution >= 4 is 17.6 Å². The number of hydrogen-bond donors (Lipinski definition) is 5. The Bertz CT molecular complexity index is 480. The number of nitrogens with two attached hydrogens (primary N) is 1. The molecule has 102 valence electrons. The van der Waals surface area contributed by atoms with Crippen molar-refractivity contribution in [3.8, 4) is 5.75 Å². The van der Waals surface area contributed by atoms with Crippen LogP contribution in [0.1, 0.15) is 18.4 Å². The fourth-order valence-corrected chi connectivity index (χ4v) is 2.03.